The molecule has 0 aromatic carbocycles. The summed E-state index contributed by atoms with van der Waals surface area (Å²) in [6.07, 6.45) is -1.54. The molecule has 0 unspecified atom stereocenters. The first-order valence-electron chi connectivity index (χ1n) is 8.36. The fourth-order valence-corrected chi connectivity index (χ4v) is 5.15. The summed E-state index contributed by atoms with van der Waals surface area (Å²) < 4.78 is 38.9. The number of carbonyl (C=O) groups excluding carboxylic acids is 2. The Morgan fingerprint density at radius 2 is 1.37 bits per heavy atom. The quantitative estimate of drug-likeness (QED) is 0.294. The predicted molar refractivity (Wildman–Crippen MR) is 114 cm³/mol. The maximum absolute atomic E-state index is 12.5. The van der Waals surface area contributed by atoms with E-state index in [1.54, 1.807) is 11.3 Å². The fraction of sp³-hybridized carbons (Fsp3) is 0.474. The maximum Gasteiger partial charge on any atom is 0.425 e. The van der Waals surface area contributed by atoms with Crippen LogP contribution in [0.5, 0.6) is 0 Å². The summed E-state index contributed by atoms with van der Waals surface area (Å²) in [5.74, 6) is 0.799. The molecule has 0 bridgehead atoms. The van der Waals surface area contributed by atoms with Gasteiger partial charge < -0.3 is 0 Å². The summed E-state index contributed by atoms with van der Waals surface area (Å²) in [5.41, 5.74) is 1.54. The van der Waals surface area contributed by atoms with Crippen LogP contribution in [-0.4, -0.2) is 12.6 Å². The van der Waals surface area contributed by atoms with Crippen LogP contribution in [0.4, 0.5) is 13.2 Å². The van der Waals surface area contributed by atoms with Crippen LogP contribution < -0.4 is 0 Å². The molecule has 0 spiro atoms. The van der Waals surface area contributed by atoms with Crippen LogP contribution in [0.2, 0.25) is 0 Å². The first-order chi connectivity index (χ1) is 12.5. The highest BCUT2D eigenvalue weighted by atomic mass is 127. The standard InChI is InChI=1S/C10H11F3OS.C9H11IOS/c1-6(2)3-7-4-8(5-14)15-9(7)10(11,12)13;1-6(2)3-7-4-8(5-11)12-9(7)10/h4-6H,3H2,1-2H3;4-6H,3H2,1-2H3. The van der Waals surface area contributed by atoms with Gasteiger partial charge in [0.05, 0.1) is 12.6 Å². The minimum atomic E-state index is -4.35. The Balaban J connectivity index is 0.000000277. The van der Waals surface area contributed by atoms with Crippen LogP contribution in [0.15, 0.2) is 12.1 Å². The smallest absolute Gasteiger partial charge is 0.297 e. The molecule has 0 aliphatic carbocycles. The van der Waals surface area contributed by atoms with Crippen molar-refractivity contribution in [3.8, 4) is 0 Å². The second-order valence-electron chi connectivity index (χ2n) is 6.88. The molecule has 2 nitrogen and oxygen atoms in total. The number of halogens is 4. The van der Waals surface area contributed by atoms with E-state index in [4.69, 9.17) is 0 Å². The Hall–Kier alpha value is -0.740. The molecule has 0 atom stereocenters. The molecule has 2 heterocycles. The van der Waals surface area contributed by atoms with Gasteiger partial charge in [-0.3, -0.25) is 9.59 Å². The molecule has 0 aliphatic rings. The molecule has 8 heteroatoms. The molecule has 2 aromatic heterocycles. The van der Waals surface area contributed by atoms with Crippen LogP contribution in [0.3, 0.4) is 0 Å². The molecule has 0 radical (unpaired) electrons. The highest BCUT2D eigenvalue weighted by molar-refractivity contribution is 14.1. The van der Waals surface area contributed by atoms with Crippen molar-refractivity contribution < 1.29 is 22.8 Å². The second-order valence-corrected chi connectivity index (χ2v) is 10.9. The first-order valence-corrected chi connectivity index (χ1v) is 11.1. The number of hydrogen-bond acceptors (Lipinski definition) is 4. The lowest BCUT2D eigenvalue weighted by atomic mass is 10.0. The summed E-state index contributed by atoms with van der Waals surface area (Å²) in [6.45, 7) is 8.07. The third-order valence-electron chi connectivity index (χ3n) is 3.35. The summed E-state index contributed by atoms with van der Waals surface area (Å²) in [6, 6.07) is 3.33. The van der Waals surface area contributed by atoms with Crippen LogP contribution in [-0.2, 0) is 19.0 Å². The van der Waals surface area contributed by atoms with Gasteiger partial charge >= 0.3 is 6.18 Å². The topological polar surface area (TPSA) is 34.1 Å². The van der Waals surface area contributed by atoms with Gasteiger partial charge in [0.25, 0.3) is 0 Å². The van der Waals surface area contributed by atoms with E-state index >= 15 is 0 Å². The van der Waals surface area contributed by atoms with Gasteiger partial charge in [-0.1, -0.05) is 27.7 Å². The number of rotatable bonds is 6. The van der Waals surface area contributed by atoms with Gasteiger partial charge in [-0.25, -0.2) is 0 Å². The summed E-state index contributed by atoms with van der Waals surface area (Å²) in [7, 11) is 0. The van der Waals surface area contributed by atoms with E-state index in [1.165, 1.54) is 14.5 Å². The van der Waals surface area contributed by atoms with Crippen molar-refractivity contribution in [2.45, 2.75) is 46.7 Å². The van der Waals surface area contributed by atoms with Gasteiger partial charge in [-0.05, 0) is 70.5 Å². The van der Waals surface area contributed by atoms with Crippen molar-refractivity contribution in [2.75, 3.05) is 0 Å². The van der Waals surface area contributed by atoms with Gasteiger partial charge in [-0.15, -0.1) is 22.7 Å². The minimum Gasteiger partial charge on any atom is -0.297 e. The summed E-state index contributed by atoms with van der Waals surface area (Å²) >= 11 is 4.39. The van der Waals surface area contributed by atoms with Crippen molar-refractivity contribution in [2.24, 2.45) is 11.8 Å². The number of carbonyl (C=O) groups is 2. The maximum atomic E-state index is 12.5. The zero-order valence-electron chi connectivity index (χ0n) is 15.5. The lowest BCUT2D eigenvalue weighted by Crippen LogP contribution is -2.06. The molecule has 0 N–H and O–H groups in total. The Bertz CT molecular complexity index is 762. The molecule has 0 aliphatic heterocycles. The van der Waals surface area contributed by atoms with Gasteiger partial charge in [0.15, 0.2) is 12.6 Å². The molecule has 2 aromatic rings. The average molecular weight is 530 g/mol. The van der Waals surface area contributed by atoms with Gasteiger partial charge in [0.2, 0.25) is 0 Å². The summed E-state index contributed by atoms with van der Waals surface area (Å²) in [5, 5.41) is 0. The Morgan fingerprint density at radius 1 is 0.926 bits per heavy atom. The lowest BCUT2D eigenvalue weighted by Gasteiger charge is -2.08. The fourth-order valence-electron chi connectivity index (χ4n) is 2.40. The molecule has 0 saturated carbocycles. The predicted octanol–water partition coefficient (Wildman–Crippen LogP) is 7.14. The zero-order chi connectivity index (χ0) is 20.8. The van der Waals surface area contributed by atoms with Crippen molar-refractivity contribution in [1.82, 2.24) is 0 Å². The van der Waals surface area contributed by atoms with Crippen LogP contribution in [0, 0.1) is 14.7 Å². The molecule has 2 rings (SSSR count). The number of aldehydes is 2. The van der Waals surface area contributed by atoms with Crippen molar-refractivity contribution in [3.63, 3.8) is 0 Å². The number of thiophene rings is 2. The number of alkyl halides is 3. The van der Waals surface area contributed by atoms with E-state index in [-0.39, 0.29) is 16.4 Å². The monoisotopic (exact) mass is 530 g/mol. The highest BCUT2D eigenvalue weighted by Crippen LogP contribution is 2.38. The molecule has 0 fully saturated rings. The Morgan fingerprint density at radius 3 is 1.78 bits per heavy atom. The number of hydrogen-bond donors (Lipinski definition) is 0. The van der Waals surface area contributed by atoms with Crippen LogP contribution in [0.1, 0.15) is 63.0 Å². The van der Waals surface area contributed by atoms with Crippen LogP contribution >= 0.6 is 45.3 Å². The van der Waals surface area contributed by atoms with Gasteiger partial charge in [0, 0.05) is 0 Å². The highest BCUT2D eigenvalue weighted by Gasteiger charge is 2.35. The molecular formula is C19H22F3IO2S2. The SMILES string of the molecule is CC(C)Cc1cc(C=O)sc1C(F)(F)F.CC(C)Cc1cc(C=O)sc1I. The van der Waals surface area contributed by atoms with Crippen molar-refractivity contribution in [3.05, 3.63) is 40.8 Å². The first kappa shape index (κ1) is 24.3. The molecule has 0 amide bonds. The average Bonchev–Trinajstić information content (AvgIpc) is 3.10. The van der Waals surface area contributed by atoms with E-state index in [0.717, 1.165) is 17.6 Å². The third-order valence-corrected chi connectivity index (χ3v) is 6.74. The van der Waals surface area contributed by atoms with E-state index in [0.29, 0.717) is 30.0 Å². The van der Waals surface area contributed by atoms with Crippen molar-refractivity contribution in [1.29, 1.82) is 0 Å². The molecule has 150 valence electrons. The molecule has 0 saturated heterocycles. The van der Waals surface area contributed by atoms with Crippen LogP contribution in [0.25, 0.3) is 0 Å². The van der Waals surface area contributed by atoms with E-state index in [2.05, 4.69) is 36.4 Å². The normalized spacial score (nSPS) is 11.5. The summed E-state index contributed by atoms with van der Waals surface area (Å²) in [4.78, 5) is 21.2. The van der Waals surface area contributed by atoms with E-state index in [9.17, 15) is 22.8 Å². The second kappa shape index (κ2) is 10.7. The largest absolute Gasteiger partial charge is 0.425 e. The molecular weight excluding hydrogens is 508 g/mol. The van der Waals surface area contributed by atoms with E-state index in [1.807, 2.05) is 19.9 Å². The Kier molecular flexibility index (Phi) is 9.64. The zero-order valence-corrected chi connectivity index (χ0v) is 19.3. The van der Waals surface area contributed by atoms with Gasteiger partial charge in [-0.2, -0.15) is 13.2 Å². The van der Waals surface area contributed by atoms with E-state index < -0.39 is 11.1 Å². The van der Waals surface area contributed by atoms with Gasteiger partial charge in [0.1, 0.15) is 4.88 Å². The molecule has 27 heavy (non-hydrogen) atoms. The third kappa shape index (κ3) is 8.03. The Labute approximate surface area is 179 Å². The minimum absolute atomic E-state index is 0.137. The lowest BCUT2D eigenvalue weighted by molar-refractivity contribution is -0.134. The van der Waals surface area contributed by atoms with Crippen molar-refractivity contribution >= 4 is 57.8 Å².